The molecule has 0 bridgehead atoms. The molecule has 0 atom stereocenters. The van der Waals surface area contributed by atoms with E-state index in [0.29, 0.717) is 0 Å². The van der Waals surface area contributed by atoms with Gasteiger partial charge in [-0.2, -0.15) is 0 Å². The van der Waals surface area contributed by atoms with Gasteiger partial charge >= 0.3 is 0 Å². The summed E-state index contributed by atoms with van der Waals surface area (Å²) in [6.07, 6.45) is 0. The zero-order chi connectivity index (χ0) is 33.3. The van der Waals surface area contributed by atoms with Gasteiger partial charge in [0.05, 0.1) is 0 Å². The average Bonchev–Trinajstić information content (AvgIpc) is 3.57. The van der Waals surface area contributed by atoms with Gasteiger partial charge in [0, 0.05) is 16.3 Å². The molecule has 10 aromatic rings. The molecule has 0 N–H and O–H groups in total. The molecule has 1 heterocycles. The molecule has 0 aliphatic rings. The molecule has 0 amide bonds. The van der Waals surface area contributed by atoms with Crippen molar-refractivity contribution in [3.8, 4) is 11.1 Å². The van der Waals surface area contributed by atoms with Crippen LogP contribution in [-0.2, 0) is 0 Å². The first-order valence-corrected chi connectivity index (χ1v) is 17.5. The molecular formula is C48H33BO. The number of furan rings is 1. The normalized spacial score (nSPS) is 11.8. The Morgan fingerprint density at radius 1 is 0.420 bits per heavy atom. The molecule has 234 valence electrons. The second-order valence-electron chi connectivity index (χ2n) is 13.7. The summed E-state index contributed by atoms with van der Waals surface area (Å²) < 4.78 is 6.88. The second-order valence-corrected chi connectivity index (χ2v) is 13.7. The number of benzene rings is 9. The standard InChI is InChI=1S/C48H33BO/c1-30-22-24-33-13-4-9-20-40(33)46(30)49(47-31(2)23-25-34-14-5-10-21-41(34)47)37-17-11-16-35(28-37)42-29-36-15-6-8-19-39(36)45-44-38-18-7-3-12-32(38)26-27-43(44)50-48(42)45/h3-29H,1-2H3. The smallest absolute Gasteiger partial charge is 0.243 e. The van der Waals surface area contributed by atoms with E-state index in [1.54, 1.807) is 0 Å². The Kier molecular flexibility index (Phi) is 6.48. The van der Waals surface area contributed by atoms with E-state index in [4.69, 9.17) is 4.42 Å². The maximum Gasteiger partial charge on any atom is 0.243 e. The molecule has 0 unspecified atom stereocenters. The van der Waals surface area contributed by atoms with E-state index in [0.717, 1.165) is 22.3 Å². The van der Waals surface area contributed by atoms with E-state index in [-0.39, 0.29) is 6.71 Å². The highest BCUT2D eigenvalue weighted by atomic mass is 16.3. The molecule has 1 nitrogen and oxygen atoms in total. The molecule has 9 aromatic carbocycles. The van der Waals surface area contributed by atoms with Crippen molar-refractivity contribution in [2.75, 3.05) is 0 Å². The zero-order valence-electron chi connectivity index (χ0n) is 28.1. The molecular weight excluding hydrogens is 603 g/mol. The lowest BCUT2D eigenvalue weighted by Crippen LogP contribution is -2.54. The first-order chi connectivity index (χ1) is 24.6. The van der Waals surface area contributed by atoms with Crippen LogP contribution in [0.5, 0.6) is 0 Å². The van der Waals surface area contributed by atoms with Crippen molar-refractivity contribution >= 4 is 88.1 Å². The van der Waals surface area contributed by atoms with E-state index in [2.05, 4.69) is 178 Å². The lowest BCUT2D eigenvalue weighted by Gasteiger charge is -2.24. The summed E-state index contributed by atoms with van der Waals surface area (Å²) >= 11 is 0. The number of hydrogen-bond acceptors (Lipinski definition) is 1. The summed E-state index contributed by atoms with van der Waals surface area (Å²) in [6, 6.07) is 60.0. The van der Waals surface area contributed by atoms with E-state index in [1.165, 1.54) is 81.4 Å². The second kappa shape index (κ2) is 11.2. The van der Waals surface area contributed by atoms with Gasteiger partial charge in [-0.15, -0.1) is 0 Å². The molecule has 0 aliphatic carbocycles. The van der Waals surface area contributed by atoms with Crippen molar-refractivity contribution < 1.29 is 4.42 Å². The van der Waals surface area contributed by atoms with Crippen LogP contribution in [0.2, 0.25) is 0 Å². The molecule has 0 saturated heterocycles. The average molecular weight is 637 g/mol. The van der Waals surface area contributed by atoms with Crippen LogP contribution in [0.1, 0.15) is 11.1 Å². The largest absolute Gasteiger partial charge is 0.455 e. The van der Waals surface area contributed by atoms with Gasteiger partial charge in [0.15, 0.2) is 0 Å². The summed E-state index contributed by atoms with van der Waals surface area (Å²) in [5.74, 6) is 0. The third-order valence-corrected chi connectivity index (χ3v) is 10.8. The van der Waals surface area contributed by atoms with Crippen molar-refractivity contribution in [2.45, 2.75) is 13.8 Å². The molecule has 0 spiro atoms. The summed E-state index contributed by atoms with van der Waals surface area (Å²) in [4.78, 5) is 0. The summed E-state index contributed by atoms with van der Waals surface area (Å²) in [7, 11) is 0. The van der Waals surface area contributed by atoms with Gasteiger partial charge in [0.1, 0.15) is 11.2 Å². The van der Waals surface area contributed by atoms with Crippen molar-refractivity contribution in [1.82, 2.24) is 0 Å². The van der Waals surface area contributed by atoms with Gasteiger partial charge in [-0.1, -0.05) is 179 Å². The maximum atomic E-state index is 6.88. The lowest BCUT2D eigenvalue weighted by atomic mass is 9.34. The highest BCUT2D eigenvalue weighted by Crippen LogP contribution is 2.43. The van der Waals surface area contributed by atoms with Gasteiger partial charge in [-0.3, -0.25) is 0 Å². The van der Waals surface area contributed by atoms with Gasteiger partial charge in [0.25, 0.3) is 0 Å². The molecule has 0 aliphatic heterocycles. The van der Waals surface area contributed by atoms with Crippen molar-refractivity contribution in [3.05, 3.63) is 175 Å². The first kappa shape index (κ1) is 28.9. The summed E-state index contributed by atoms with van der Waals surface area (Å²) in [6.45, 7) is 4.55. The molecule has 2 heteroatoms. The van der Waals surface area contributed by atoms with E-state index < -0.39 is 0 Å². The van der Waals surface area contributed by atoms with Crippen LogP contribution < -0.4 is 16.4 Å². The number of rotatable bonds is 4. The highest BCUT2D eigenvalue weighted by molar-refractivity contribution is 6.98. The highest BCUT2D eigenvalue weighted by Gasteiger charge is 2.29. The first-order valence-electron chi connectivity index (χ1n) is 17.5. The predicted octanol–water partition coefficient (Wildman–Crippen LogP) is 11.0. The fourth-order valence-electron chi connectivity index (χ4n) is 8.54. The molecule has 0 saturated carbocycles. The molecule has 10 rings (SSSR count). The quantitative estimate of drug-likeness (QED) is 0.175. The summed E-state index contributed by atoms with van der Waals surface area (Å²) in [5, 5.41) is 12.4. The van der Waals surface area contributed by atoms with Gasteiger partial charge < -0.3 is 4.42 Å². The van der Waals surface area contributed by atoms with Crippen LogP contribution in [0.25, 0.3) is 76.2 Å². The van der Waals surface area contributed by atoms with Crippen LogP contribution in [0.4, 0.5) is 0 Å². The Hall–Kier alpha value is -6.12. The van der Waals surface area contributed by atoms with Crippen LogP contribution in [0.15, 0.2) is 168 Å². The third kappa shape index (κ3) is 4.35. The lowest BCUT2D eigenvalue weighted by molar-refractivity contribution is 0.670. The Morgan fingerprint density at radius 2 is 0.940 bits per heavy atom. The Labute approximate surface area is 291 Å². The topological polar surface area (TPSA) is 13.1 Å². The number of aryl methyl sites for hydroxylation is 2. The van der Waals surface area contributed by atoms with E-state index >= 15 is 0 Å². The Bertz CT molecular complexity index is 2880. The molecule has 1 aromatic heterocycles. The predicted molar refractivity (Wildman–Crippen MR) is 216 cm³/mol. The Morgan fingerprint density at radius 3 is 1.58 bits per heavy atom. The minimum atomic E-state index is 0.0164. The van der Waals surface area contributed by atoms with Crippen LogP contribution in [0, 0.1) is 13.8 Å². The minimum Gasteiger partial charge on any atom is -0.455 e. The van der Waals surface area contributed by atoms with Crippen LogP contribution in [0.3, 0.4) is 0 Å². The van der Waals surface area contributed by atoms with E-state index in [1.807, 2.05) is 0 Å². The van der Waals surface area contributed by atoms with Gasteiger partial charge in [0.2, 0.25) is 6.71 Å². The van der Waals surface area contributed by atoms with Crippen LogP contribution >= 0.6 is 0 Å². The van der Waals surface area contributed by atoms with E-state index in [9.17, 15) is 0 Å². The fourth-order valence-corrected chi connectivity index (χ4v) is 8.54. The SMILES string of the molecule is Cc1ccc2ccccc2c1B(c1cccc(-c2cc3ccccc3c3c2oc2ccc4ccccc4c23)c1)c1c(C)ccc2ccccc12. The third-order valence-electron chi connectivity index (χ3n) is 10.8. The Balaban J connectivity index is 1.29. The van der Waals surface area contributed by atoms with Crippen molar-refractivity contribution in [2.24, 2.45) is 0 Å². The maximum absolute atomic E-state index is 6.88. The molecule has 0 radical (unpaired) electrons. The number of hydrogen-bond donors (Lipinski definition) is 0. The van der Waals surface area contributed by atoms with Crippen molar-refractivity contribution in [1.29, 1.82) is 0 Å². The number of fused-ring (bicyclic) bond motifs is 9. The van der Waals surface area contributed by atoms with Crippen molar-refractivity contribution in [3.63, 3.8) is 0 Å². The zero-order valence-corrected chi connectivity index (χ0v) is 28.1. The van der Waals surface area contributed by atoms with Gasteiger partial charge in [-0.05, 0) is 74.6 Å². The summed E-state index contributed by atoms with van der Waals surface area (Å²) in [5.41, 5.74) is 10.7. The van der Waals surface area contributed by atoms with Crippen LogP contribution in [-0.4, -0.2) is 6.71 Å². The molecule has 0 fully saturated rings. The fraction of sp³-hybridized carbons (Fsp3) is 0.0417. The minimum absolute atomic E-state index is 0.0164. The monoisotopic (exact) mass is 636 g/mol. The molecule has 50 heavy (non-hydrogen) atoms. The van der Waals surface area contributed by atoms with Gasteiger partial charge in [-0.25, -0.2) is 0 Å².